The summed E-state index contributed by atoms with van der Waals surface area (Å²) in [6, 6.07) is 5.73. The van der Waals surface area contributed by atoms with Gasteiger partial charge in [-0.1, -0.05) is 19.1 Å². The van der Waals surface area contributed by atoms with Crippen molar-refractivity contribution in [2.24, 2.45) is 0 Å². The van der Waals surface area contributed by atoms with E-state index in [0.717, 1.165) is 31.6 Å². The van der Waals surface area contributed by atoms with Gasteiger partial charge in [-0.05, 0) is 43.2 Å². The standard InChI is InChI=1S/C17H25FN2O/c1-4-19-13(2)15-5-6-17(16(18)11-15)20-9-7-14(8-10-20)12-21-3/h5-7,11,13,19H,4,8-10,12H2,1-3H3. The highest BCUT2D eigenvalue weighted by Crippen LogP contribution is 2.26. The predicted octanol–water partition coefficient (Wildman–Crippen LogP) is 3.28. The molecular formula is C17H25FN2O. The average molecular weight is 292 g/mol. The second-order valence-electron chi connectivity index (χ2n) is 5.48. The summed E-state index contributed by atoms with van der Waals surface area (Å²) in [4.78, 5) is 2.08. The highest BCUT2D eigenvalue weighted by Gasteiger charge is 2.16. The molecule has 0 aliphatic carbocycles. The summed E-state index contributed by atoms with van der Waals surface area (Å²) in [7, 11) is 1.71. The Bertz CT molecular complexity index is 502. The number of methoxy groups -OCH3 is 1. The second kappa shape index (κ2) is 7.57. The second-order valence-corrected chi connectivity index (χ2v) is 5.48. The summed E-state index contributed by atoms with van der Waals surface area (Å²) in [5, 5.41) is 3.30. The smallest absolute Gasteiger partial charge is 0.146 e. The molecule has 3 nitrogen and oxygen atoms in total. The molecule has 1 unspecified atom stereocenters. The van der Waals surface area contributed by atoms with E-state index in [9.17, 15) is 4.39 Å². The summed E-state index contributed by atoms with van der Waals surface area (Å²) < 4.78 is 19.5. The highest BCUT2D eigenvalue weighted by molar-refractivity contribution is 5.51. The van der Waals surface area contributed by atoms with E-state index < -0.39 is 0 Å². The SMILES string of the molecule is CCNC(C)c1ccc(N2CC=C(COC)CC2)c(F)c1. The lowest BCUT2D eigenvalue weighted by atomic mass is 10.1. The van der Waals surface area contributed by atoms with E-state index in [-0.39, 0.29) is 11.9 Å². The minimum Gasteiger partial charge on any atom is -0.380 e. The van der Waals surface area contributed by atoms with E-state index in [0.29, 0.717) is 12.3 Å². The van der Waals surface area contributed by atoms with Crippen LogP contribution < -0.4 is 10.2 Å². The molecular weight excluding hydrogens is 267 g/mol. The van der Waals surface area contributed by atoms with Crippen LogP contribution in [0.3, 0.4) is 0 Å². The first-order chi connectivity index (χ1) is 10.2. The normalized spacial score (nSPS) is 16.8. The Kier molecular flexibility index (Phi) is 5.76. The lowest BCUT2D eigenvalue weighted by molar-refractivity contribution is 0.222. The molecule has 0 radical (unpaired) electrons. The maximum absolute atomic E-state index is 14.4. The molecule has 1 aliphatic heterocycles. The molecule has 1 aliphatic rings. The fraction of sp³-hybridized carbons (Fsp3) is 0.529. The Hall–Kier alpha value is -1.39. The van der Waals surface area contributed by atoms with Gasteiger partial charge in [-0.3, -0.25) is 0 Å². The van der Waals surface area contributed by atoms with Gasteiger partial charge >= 0.3 is 0 Å². The quantitative estimate of drug-likeness (QED) is 0.814. The number of nitrogens with zero attached hydrogens (tertiary/aromatic N) is 1. The Morgan fingerprint density at radius 2 is 2.24 bits per heavy atom. The van der Waals surface area contributed by atoms with E-state index in [1.54, 1.807) is 13.2 Å². The van der Waals surface area contributed by atoms with Crippen LogP contribution in [0.15, 0.2) is 29.8 Å². The van der Waals surface area contributed by atoms with Crippen LogP contribution >= 0.6 is 0 Å². The van der Waals surface area contributed by atoms with Crippen molar-refractivity contribution in [3.63, 3.8) is 0 Å². The van der Waals surface area contributed by atoms with Crippen LogP contribution in [0.4, 0.5) is 10.1 Å². The van der Waals surface area contributed by atoms with E-state index in [1.807, 2.05) is 12.1 Å². The van der Waals surface area contributed by atoms with Crippen molar-refractivity contribution in [2.75, 3.05) is 38.3 Å². The van der Waals surface area contributed by atoms with Gasteiger partial charge in [0.15, 0.2) is 0 Å². The zero-order valence-electron chi connectivity index (χ0n) is 13.2. The number of benzene rings is 1. The van der Waals surface area contributed by atoms with Gasteiger partial charge in [-0.2, -0.15) is 0 Å². The molecule has 2 rings (SSSR count). The fourth-order valence-corrected chi connectivity index (χ4v) is 2.72. The van der Waals surface area contributed by atoms with Crippen LogP contribution in [0, 0.1) is 5.82 Å². The van der Waals surface area contributed by atoms with Gasteiger partial charge in [0.1, 0.15) is 5.82 Å². The van der Waals surface area contributed by atoms with Crippen LogP contribution in [0.2, 0.25) is 0 Å². The van der Waals surface area contributed by atoms with Gasteiger partial charge in [0.05, 0.1) is 12.3 Å². The van der Waals surface area contributed by atoms with Gasteiger partial charge in [0.2, 0.25) is 0 Å². The summed E-state index contributed by atoms with van der Waals surface area (Å²) in [6.07, 6.45) is 3.07. The highest BCUT2D eigenvalue weighted by atomic mass is 19.1. The molecule has 0 spiro atoms. The first kappa shape index (κ1) is 16.0. The molecule has 0 saturated heterocycles. The molecule has 1 heterocycles. The number of ether oxygens (including phenoxy) is 1. The molecule has 116 valence electrons. The van der Waals surface area contributed by atoms with Crippen LogP contribution in [0.1, 0.15) is 31.9 Å². The van der Waals surface area contributed by atoms with Crippen molar-refractivity contribution in [1.82, 2.24) is 5.32 Å². The third-order valence-corrected chi connectivity index (χ3v) is 3.96. The maximum atomic E-state index is 14.4. The molecule has 1 N–H and O–H groups in total. The zero-order chi connectivity index (χ0) is 15.2. The van der Waals surface area contributed by atoms with Crippen molar-refractivity contribution in [2.45, 2.75) is 26.3 Å². The first-order valence-electron chi connectivity index (χ1n) is 7.60. The van der Waals surface area contributed by atoms with E-state index in [1.165, 1.54) is 5.57 Å². The van der Waals surface area contributed by atoms with Gasteiger partial charge < -0.3 is 15.0 Å². The monoisotopic (exact) mass is 292 g/mol. The summed E-state index contributed by atoms with van der Waals surface area (Å²) >= 11 is 0. The van der Waals surface area contributed by atoms with Crippen molar-refractivity contribution in [1.29, 1.82) is 0 Å². The fourth-order valence-electron chi connectivity index (χ4n) is 2.72. The third-order valence-electron chi connectivity index (χ3n) is 3.96. The van der Waals surface area contributed by atoms with Crippen LogP contribution in [-0.2, 0) is 4.74 Å². The first-order valence-corrected chi connectivity index (χ1v) is 7.60. The van der Waals surface area contributed by atoms with Crippen LogP contribution in [-0.4, -0.2) is 33.4 Å². The molecule has 1 aromatic rings. The minimum atomic E-state index is -0.138. The molecule has 0 aromatic heterocycles. The van der Waals surface area contributed by atoms with Crippen molar-refractivity contribution in [3.8, 4) is 0 Å². The molecule has 21 heavy (non-hydrogen) atoms. The molecule has 0 saturated carbocycles. The summed E-state index contributed by atoms with van der Waals surface area (Å²) in [5.41, 5.74) is 2.98. The van der Waals surface area contributed by atoms with Crippen molar-refractivity contribution in [3.05, 3.63) is 41.2 Å². The molecule has 4 heteroatoms. The number of rotatable bonds is 6. The number of halogens is 1. The molecule has 0 amide bonds. The van der Waals surface area contributed by atoms with Gasteiger partial charge in [-0.25, -0.2) is 4.39 Å². The lowest BCUT2D eigenvalue weighted by Gasteiger charge is -2.29. The Labute approximate surface area is 126 Å². The summed E-state index contributed by atoms with van der Waals surface area (Å²) in [5.74, 6) is -0.138. The molecule has 1 atom stereocenters. The van der Waals surface area contributed by atoms with Gasteiger partial charge in [-0.15, -0.1) is 0 Å². The van der Waals surface area contributed by atoms with Crippen LogP contribution in [0.5, 0.6) is 0 Å². The number of hydrogen-bond donors (Lipinski definition) is 1. The largest absolute Gasteiger partial charge is 0.380 e. The molecule has 0 fully saturated rings. The van der Waals surface area contributed by atoms with E-state index in [2.05, 4.69) is 30.1 Å². The molecule has 1 aromatic carbocycles. The molecule has 0 bridgehead atoms. The van der Waals surface area contributed by atoms with E-state index >= 15 is 0 Å². The van der Waals surface area contributed by atoms with Crippen LogP contribution in [0.25, 0.3) is 0 Å². The van der Waals surface area contributed by atoms with Gasteiger partial charge in [0.25, 0.3) is 0 Å². The number of anilines is 1. The van der Waals surface area contributed by atoms with Crippen molar-refractivity contribution < 1.29 is 9.13 Å². The third kappa shape index (κ3) is 4.05. The number of nitrogens with one attached hydrogen (secondary N) is 1. The predicted molar refractivity (Wildman–Crippen MR) is 85.3 cm³/mol. The average Bonchev–Trinajstić information content (AvgIpc) is 2.49. The summed E-state index contributed by atoms with van der Waals surface area (Å²) in [6.45, 7) is 7.25. The lowest BCUT2D eigenvalue weighted by Crippen LogP contribution is -2.30. The Balaban J connectivity index is 2.08. The number of hydrogen-bond acceptors (Lipinski definition) is 3. The van der Waals surface area contributed by atoms with Crippen molar-refractivity contribution >= 4 is 5.69 Å². The van der Waals surface area contributed by atoms with Gasteiger partial charge in [0, 0.05) is 26.2 Å². The topological polar surface area (TPSA) is 24.5 Å². The minimum absolute atomic E-state index is 0.138. The van der Waals surface area contributed by atoms with E-state index in [4.69, 9.17) is 4.74 Å². The Morgan fingerprint density at radius 3 is 2.81 bits per heavy atom. The zero-order valence-corrected chi connectivity index (χ0v) is 13.2. The Morgan fingerprint density at radius 1 is 1.43 bits per heavy atom. The maximum Gasteiger partial charge on any atom is 0.146 e.